The van der Waals surface area contributed by atoms with Gasteiger partial charge in [-0.05, 0) is 30.6 Å². The molecule has 4 nitrogen and oxygen atoms in total. The molecule has 4 heteroatoms. The van der Waals surface area contributed by atoms with Gasteiger partial charge in [-0.25, -0.2) is 0 Å². The van der Waals surface area contributed by atoms with Gasteiger partial charge in [0.05, 0.1) is 25.6 Å². The van der Waals surface area contributed by atoms with Crippen molar-refractivity contribution in [1.82, 2.24) is 0 Å². The van der Waals surface area contributed by atoms with Crippen molar-refractivity contribution in [2.75, 3.05) is 13.2 Å². The summed E-state index contributed by atoms with van der Waals surface area (Å²) in [5, 5.41) is 0. The van der Waals surface area contributed by atoms with E-state index in [-0.39, 0.29) is 25.8 Å². The predicted octanol–water partition coefficient (Wildman–Crippen LogP) is 12.5. The molecule has 42 heavy (non-hydrogen) atoms. The number of carbonyl (C=O) groups is 2. The number of unbranched alkanes of at least 4 members (excludes halogenated alkanes) is 10. The first kappa shape index (κ1) is 45.4. The van der Waals surface area contributed by atoms with Crippen molar-refractivity contribution in [2.45, 2.75) is 198 Å². The fraction of sp³-hybridized carbons (Fsp3) is 0.947. The zero-order chi connectivity index (χ0) is 31.1. The van der Waals surface area contributed by atoms with E-state index in [0.29, 0.717) is 25.0 Å². The maximum atomic E-state index is 12.1. The van der Waals surface area contributed by atoms with Gasteiger partial charge in [0.1, 0.15) is 0 Å². The highest BCUT2D eigenvalue weighted by Crippen LogP contribution is 2.18. The molecule has 0 heterocycles. The lowest BCUT2D eigenvalue weighted by molar-refractivity contribution is -0.156. The molecule has 0 rings (SSSR count). The highest BCUT2D eigenvalue weighted by Gasteiger charge is 2.21. The highest BCUT2D eigenvalue weighted by molar-refractivity contribution is 5.79. The molecule has 0 spiro atoms. The van der Waals surface area contributed by atoms with Crippen LogP contribution in [0, 0.1) is 23.7 Å². The average molecular weight is 599 g/mol. The van der Waals surface area contributed by atoms with E-state index in [1.54, 1.807) is 6.92 Å². The van der Waals surface area contributed by atoms with Crippen molar-refractivity contribution in [3.05, 3.63) is 0 Å². The normalized spacial score (nSPS) is 13.6. The van der Waals surface area contributed by atoms with E-state index in [9.17, 15) is 9.59 Å². The molecule has 0 aromatic carbocycles. The topological polar surface area (TPSA) is 52.6 Å². The van der Waals surface area contributed by atoms with Crippen LogP contribution in [0.5, 0.6) is 0 Å². The van der Waals surface area contributed by atoms with Crippen LogP contribution >= 0.6 is 0 Å². The quantitative estimate of drug-likeness (QED) is 0.0697. The summed E-state index contributed by atoms with van der Waals surface area (Å²) < 4.78 is 10.8. The summed E-state index contributed by atoms with van der Waals surface area (Å²) in [4.78, 5) is 24.0. The fourth-order valence-electron chi connectivity index (χ4n) is 5.08. The van der Waals surface area contributed by atoms with E-state index in [2.05, 4.69) is 48.5 Å². The van der Waals surface area contributed by atoms with E-state index in [4.69, 9.17) is 9.47 Å². The molecule has 0 amide bonds. The Morgan fingerprint density at radius 3 is 1.38 bits per heavy atom. The maximum absolute atomic E-state index is 12.1. The van der Waals surface area contributed by atoms with Crippen LogP contribution in [0.2, 0.25) is 0 Å². The Balaban J connectivity index is -0.000000776. The monoisotopic (exact) mass is 599 g/mol. The molecule has 0 N–H and O–H groups in total. The first-order valence-corrected chi connectivity index (χ1v) is 18.1. The highest BCUT2D eigenvalue weighted by atomic mass is 16.5. The summed E-state index contributed by atoms with van der Waals surface area (Å²) in [6, 6.07) is 0. The van der Waals surface area contributed by atoms with Crippen molar-refractivity contribution in [3.8, 4) is 0 Å². The lowest BCUT2D eigenvalue weighted by Gasteiger charge is -2.18. The molecular formula is C38H78O4. The summed E-state index contributed by atoms with van der Waals surface area (Å²) in [5.41, 5.74) is 0. The van der Waals surface area contributed by atoms with Crippen molar-refractivity contribution in [2.24, 2.45) is 23.7 Å². The Morgan fingerprint density at radius 1 is 0.524 bits per heavy atom. The van der Waals surface area contributed by atoms with Crippen LogP contribution < -0.4 is 0 Å². The van der Waals surface area contributed by atoms with Gasteiger partial charge in [0.15, 0.2) is 0 Å². The van der Waals surface area contributed by atoms with Crippen LogP contribution in [0.25, 0.3) is 0 Å². The van der Waals surface area contributed by atoms with Crippen LogP contribution in [-0.4, -0.2) is 25.2 Å². The van der Waals surface area contributed by atoms with Gasteiger partial charge in [0.2, 0.25) is 0 Å². The molecule has 0 saturated heterocycles. The molecule has 0 bridgehead atoms. The first-order valence-electron chi connectivity index (χ1n) is 18.1. The smallest absolute Gasteiger partial charge is 0.309 e. The number of esters is 2. The summed E-state index contributed by atoms with van der Waals surface area (Å²) in [7, 11) is 0. The van der Waals surface area contributed by atoms with Gasteiger partial charge >= 0.3 is 11.9 Å². The Hall–Kier alpha value is -1.06. The Labute approximate surface area is 265 Å². The van der Waals surface area contributed by atoms with E-state index in [1.807, 2.05) is 0 Å². The Morgan fingerprint density at radius 2 is 0.929 bits per heavy atom. The molecule has 0 aliphatic rings. The van der Waals surface area contributed by atoms with Crippen molar-refractivity contribution < 1.29 is 19.1 Å². The van der Waals surface area contributed by atoms with E-state index < -0.39 is 5.92 Å². The van der Waals surface area contributed by atoms with Gasteiger partial charge in [0, 0.05) is 0 Å². The zero-order valence-electron chi connectivity index (χ0n) is 29.2. The Bertz CT molecular complexity index is 561. The summed E-state index contributed by atoms with van der Waals surface area (Å²) in [6.07, 6.45) is 26.3. The minimum Gasteiger partial charge on any atom is -0.465 e. The molecule has 0 radical (unpaired) electrons. The minimum absolute atomic E-state index is 0. The molecule has 0 aliphatic carbocycles. The first-order chi connectivity index (χ1) is 19.8. The molecule has 254 valence electrons. The molecular weight excluding hydrogens is 520 g/mol. The van der Waals surface area contributed by atoms with Gasteiger partial charge in [-0.1, -0.05) is 178 Å². The third-order valence-electron chi connectivity index (χ3n) is 8.50. The van der Waals surface area contributed by atoms with E-state index in [1.165, 1.54) is 77.0 Å². The second-order valence-electron chi connectivity index (χ2n) is 12.8. The van der Waals surface area contributed by atoms with Crippen LogP contribution in [0.15, 0.2) is 0 Å². The molecule has 0 saturated carbocycles. The predicted molar refractivity (Wildman–Crippen MR) is 185 cm³/mol. The number of rotatable bonds is 27. The van der Waals surface area contributed by atoms with Gasteiger partial charge in [0.25, 0.3) is 0 Å². The summed E-state index contributed by atoms with van der Waals surface area (Å²) in [6.45, 7) is 18.3. The summed E-state index contributed by atoms with van der Waals surface area (Å²) >= 11 is 0. The third-order valence-corrected chi connectivity index (χ3v) is 8.50. The summed E-state index contributed by atoms with van der Waals surface area (Å²) in [5.74, 6) is 0.805. The van der Waals surface area contributed by atoms with Crippen LogP contribution in [0.1, 0.15) is 198 Å². The van der Waals surface area contributed by atoms with Crippen molar-refractivity contribution >= 4 is 11.9 Å². The maximum Gasteiger partial charge on any atom is 0.309 e. The largest absolute Gasteiger partial charge is 0.465 e. The van der Waals surface area contributed by atoms with Crippen LogP contribution in [0.4, 0.5) is 0 Å². The number of hydrogen-bond acceptors (Lipinski definition) is 4. The van der Waals surface area contributed by atoms with Crippen LogP contribution in [0.3, 0.4) is 0 Å². The average Bonchev–Trinajstić information content (AvgIpc) is 2.97. The SMILES string of the molecule is C.CCCCC(CC)COC(=O)CC(C)C(=O)OCC(CC)CCCC.CCCCCCCCC(C)CCCCCC. The van der Waals surface area contributed by atoms with Gasteiger partial charge < -0.3 is 9.47 Å². The molecule has 0 aromatic heterocycles. The van der Waals surface area contributed by atoms with E-state index >= 15 is 0 Å². The molecule has 0 aliphatic heterocycles. The third kappa shape index (κ3) is 30.4. The zero-order valence-corrected chi connectivity index (χ0v) is 29.2. The minimum atomic E-state index is -0.438. The van der Waals surface area contributed by atoms with Crippen molar-refractivity contribution in [1.29, 1.82) is 0 Å². The molecule has 4 unspecified atom stereocenters. The standard InChI is InChI=1S/C21H40O4.C16H34.CH4/c1-6-10-12-18(8-3)15-24-20(22)14-17(5)21(23)25-16-19(9-4)13-11-7-2;1-4-6-8-10-11-13-15-16(3)14-12-9-7-5-2;/h17-19H,6-16H2,1-5H3;16H,4-15H2,1-3H3;1H4. The van der Waals surface area contributed by atoms with Gasteiger partial charge in [-0.15, -0.1) is 0 Å². The lowest BCUT2D eigenvalue weighted by Crippen LogP contribution is -2.23. The van der Waals surface area contributed by atoms with Crippen molar-refractivity contribution in [3.63, 3.8) is 0 Å². The number of hydrogen-bond donors (Lipinski definition) is 0. The molecule has 0 fully saturated rings. The fourth-order valence-corrected chi connectivity index (χ4v) is 5.08. The molecule has 4 atom stereocenters. The van der Waals surface area contributed by atoms with Gasteiger partial charge in [-0.2, -0.15) is 0 Å². The lowest BCUT2D eigenvalue weighted by atomic mass is 9.96. The second-order valence-corrected chi connectivity index (χ2v) is 12.8. The van der Waals surface area contributed by atoms with Gasteiger partial charge in [-0.3, -0.25) is 9.59 Å². The molecule has 0 aromatic rings. The number of carbonyl (C=O) groups excluding carboxylic acids is 2. The Kier molecular flexibility index (Phi) is 37.2. The van der Waals surface area contributed by atoms with E-state index in [0.717, 1.165) is 57.3 Å². The second kappa shape index (κ2) is 34.4. The van der Waals surface area contributed by atoms with Crippen LogP contribution in [-0.2, 0) is 19.1 Å². The number of ether oxygens (including phenoxy) is 2.